The number of aryl methyl sites for hydroxylation is 1. The standard InChI is InChI=1S/C30H23NO/c1-2-9-20(10-3-1)21-11-8-12-22(19-21)31-26-15-6-4-14-25(26)29-27(31)18-17-24-23-13-5-7-16-28(23)32-30(24)29/h1-5,8-14,17-19H,6-7,15-16H2. The molecule has 0 atom stereocenters. The third-order valence-electron chi connectivity index (χ3n) is 6.91. The Morgan fingerprint density at radius 1 is 0.719 bits per heavy atom. The van der Waals surface area contributed by atoms with Crippen LogP contribution in [0.1, 0.15) is 35.4 Å². The minimum atomic E-state index is 0.986. The van der Waals surface area contributed by atoms with E-state index in [0.717, 1.165) is 37.0 Å². The van der Waals surface area contributed by atoms with Gasteiger partial charge in [0.05, 0.1) is 10.9 Å². The number of furan rings is 1. The van der Waals surface area contributed by atoms with Gasteiger partial charge in [0.2, 0.25) is 0 Å². The van der Waals surface area contributed by atoms with Gasteiger partial charge in [-0.15, -0.1) is 0 Å². The predicted molar refractivity (Wildman–Crippen MR) is 133 cm³/mol. The number of nitrogens with zero attached hydrogens (tertiary/aromatic N) is 1. The maximum atomic E-state index is 6.51. The van der Waals surface area contributed by atoms with Crippen LogP contribution in [0.25, 0.3) is 50.8 Å². The zero-order valence-electron chi connectivity index (χ0n) is 17.8. The van der Waals surface area contributed by atoms with E-state index in [0.29, 0.717) is 0 Å². The normalized spacial score (nSPS) is 14.8. The van der Waals surface area contributed by atoms with Gasteiger partial charge in [0.15, 0.2) is 0 Å². The first kappa shape index (κ1) is 17.9. The summed E-state index contributed by atoms with van der Waals surface area (Å²) in [4.78, 5) is 0. The molecule has 0 amide bonds. The van der Waals surface area contributed by atoms with Crippen molar-refractivity contribution < 1.29 is 4.42 Å². The summed E-state index contributed by atoms with van der Waals surface area (Å²) in [5.41, 5.74) is 9.93. The Labute approximate surface area is 187 Å². The van der Waals surface area contributed by atoms with Crippen molar-refractivity contribution >= 4 is 34.0 Å². The summed E-state index contributed by atoms with van der Waals surface area (Å²) in [6.45, 7) is 0. The topological polar surface area (TPSA) is 18.1 Å². The fourth-order valence-corrected chi connectivity index (χ4v) is 5.46. The molecule has 0 aliphatic heterocycles. The molecule has 0 fully saturated rings. The zero-order valence-corrected chi connectivity index (χ0v) is 17.8. The second-order valence-corrected chi connectivity index (χ2v) is 8.77. The molecule has 2 nitrogen and oxygen atoms in total. The summed E-state index contributed by atoms with van der Waals surface area (Å²) in [5.74, 6) is 1.13. The van der Waals surface area contributed by atoms with E-state index in [1.54, 1.807) is 0 Å². The Morgan fingerprint density at radius 3 is 2.44 bits per heavy atom. The van der Waals surface area contributed by atoms with Gasteiger partial charge in [-0.1, -0.05) is 66.8 Å². The Bertz CT molecular complexity index is 1560. The van der Waals surface area contributed by atoms with E-state index in [4.69, 9.17) is 4.42 Å². The van der Waals surface area contributed by atoms with Crippen LogP contribution in [-0.4, -0.2) is 4.57 Å². The van der Waals surface area contributed by atoms with Crippen molar-refractivity contribution in [2.45, 2.75) is 25.7 Å². The molecule has 2 heteroatoms. The summed E-state index contributed by atoms with van der Waals surface area (Å²) in [6.07, 6.45) is 13.3. The van der Waals surface area contributed by atoms with E-state index < -0.39 is 0 Å². The Balaban J connectivity index is 1.53. The smallest absolute Gasteiger partial charge is 0.144 e. The molecule has 2 heterocycles. The third-order valence-corrected chi connectivity index (χ3v) is 6.91. The number of fused-ring (bicyclic) bond motifs is 7. The maximum Gasteiger partial charge on any atom is 0.144 e. The van der Waals surface area contributed by atoms with Gasteiger partial charge < -0.3 is 8.98 Å². The minimum absolute atomic E-state index is 0.986. The molecule has 0 saturated carbocycles. The van der Waals surface area contributed by atoms with E-state index in [1.807, 2.05) is 0 Å². The van der Waals surface area contributed by atoms with Crippen LogP contribution in [-0.2, 0) is 12.8 Å². The fraction of sp³-hybridized carbons (Fsp3) is 0.133. The van der Waals surface area contributed by atoms with Crippen molar-refractivity contribution in [3.8, 4) is 16.8 Å². The number of hydrogen-bond donors (Lipinski definition) is 0. The highest BCUT2D eigenvalue weighted by atomic mass is 16.3. The van der Waals surface area contributed by atoms with Crippen LogP contribution in [0, 0.1) is 0 Å². The van der Waals surface area contributed by atoms with E-state index in [2.05, 4.69) is 95.6 Å². The van der Waals surface area contributed by atoms with Gasteiger partial charge in [-0.25, -0.2) is 0 Å². The number of hydrogen-bond acceptors (Lipinski definition) is 1. The Morgan fingerprint density at radius 2 is 1.53 bits per heavy atom. The highest BCUT2D eigenvalue weighted by Gasteiger charge is 2.24. The van der Waals surface area contributed by atoms with Crippen molar-refractivity contribution in [3.05, 3.63) is 101 Å². The average Bonchev–Trinajstić information content (AvgIpc) is 3.40. The molecule has 0 bridgehead atoms. The van der Waals surface area contributed by atoms with Crippen molar-refractivity contribution in [2.24, 2.45) is 0 Å². The van der Waals surface area contributed by atoms with Crippen LogP contribution in [0.3, 0.4) is 0 Å². The van der Waals surface area contributed by atoms with Gasteiger partial charge in [0.1, 0.15) is 11.3 Å². The van der Waals surface area contributed by atoms with Crippen molar-refractivity contribution in [2.75, 3.05) is 0 Å². The van der Waals surface area contributed by atoms with Gasteiger partial charge in [-0.3, -0.25) is 0 Å². The molecular formula is C30H23NO. The molecule has 0 saturated heterocycles. The monoisotopic (exact) mass is 413 g/mol. The second-order valence-electron chi connectivity index (χ2n) is 8.77. The summed E-state index contributed by atoms with van der Waals surface area (Å²) >= 11 is 0. The van der Waals surface area contributed by atoms with Crippen LogP contribution >= 0.6 is 0 Å². The fourth-order valence-electron chi connectivity index (χ4n) is 5.46. The molecule has 0 unspecified atom stereocenters. The second kappa shape index (κ2) is 6.86. The lowest BCUT2D eigenvalue weighted by Gasteiger charge is -2.14. The SMILES string of the molecule is C1=Cc2c(oc3c2ccc2c3c3c(n2-c2cccc(-c4ccccc4)c2)CCC=C3)CC1. The molecule has 0 N–H and O–H groups in total. The number of aromatic nitrogens is 1. The van der Waals surface area contributed by atoms with Gasteiger partial charge >= 0.3 is 0 Å². The molecule has 154 valence electrons. The van der Waals surface area contributed by atoms with Crippen LogP contribution in [0.5, 0.6) is 0 Å². The average molecular weight is 414 g/mol. The third kappa shape index (κ3) is 2.53. The molecule has 7 rings (SSSR count). The van der Waals surface area contributed by atoms with E-state index in [9.17, 15) is 0 Å². The lowest BCUT2D eigenvalue weighted by atomic mass is 9.99. The van der Waals surface area contributed by atoms with Gasteiger partial charge in [-0.2, -0.15) is 0 Å². The molecule has 32 heavy (non-hydrogen) atoms. The number of benzene rings is 3. The van der Waals surface area contributed by atoms with Crippen LogP contribution in [0.4, 0.5) is 0 Å². The van der Waals surface area contributed by atoms with Crippen molar-refractivity contribution in [1.82, 2.24) is 4.57 Å². The van der Waals surface area contributed by atoms with Gasteiger partial charge in [0.25, 0.3) is 0 Å². The van der Waals surface area contributed by atoms with Crippen LogP contribution < -0.4 is 0 Å². The van der Waals surface area contributed by atoms with Crippen LogP contribution in [0.15, 0.2) is 83.3 Å². The summed E-state index contributed by atoms with van der Waals surface area (Å²) < 4.78 is 8.97. The summed E-state index contributed by atoms with van der Waals surface area (Å²) in [6, 6.07) is 24.1. The lowest BCUT2D eigenvalue weighted by molar-refractivity contribution is 0.548. The van der Waals surface area contributed by atoms with Gasteiger partial charge in [0, 0.05) is 34.3 Å². The Kier molecular flexibility index (Phi) is 3.83. The molecule has 2 aliphatic carbocycles. The maximum absolute atomic E-state index is 6.51. The van der Waals surface area contributed by atoms with Crippen molar-refractivity contribution in [3.63, 3.8) is 0 Å². The summed E-state index contributed by atoms with van der Waals surface area (Å²) in [5, 5.41) is 2.49. The van der Waals surface area contributed by atoms with E-state index >= 15 is 0 Å². The lowest BCUT2D eigenvalue weighted by Crippen LogP contribution is -2.03. The first-order chi connectivity index (χ1) is 15.9. The highest BCUT2D eigenvalue weighted by molar-refractivity contribution is 6.11. The van der Waals surface area contributed by atoms with Crippen LogP contribution in [0.2, 0.25) is 0 Å². The quantitative estimate of drug-likeness (QED) is 0.287. The highest BCUT2D eigenvalue weighted by Crippen LogP contribution is 2.42. The molecule has 0 radical (unpaired) electrons. The molecular weight excluding hydrogens is 390 g/mol. The van der Waals surface area contributed by atoms with Crippen molar-refractivity contribution in [1.29, 1.82) is 0 Å². The summed E-state index contributed by atoms with van der Waals surface area (Å²) in [7, 11) is 0. The zero-order chi connectivity index (χ0) is 21.1. The minimum Gasteiger partial charge on any atom is -0.460 e. The largest absolute Gasteiger partial charge is 0.460 e. The van der Waals surface area contributed by atoms with Gasteiger partial charge in [-0.05, 0) is 54.7 Å². The number of rotatable bonds is 2. The molecule has 5 aromatic rings. The Hall–Kier alpha value is -3.78. The predicted octanol–water partition coefficient (Wildman–Crippen LogP) is 7.96. The molecule has 2 aromatic heterocycles. The molecule has 2 aliphatic rings. The van der Waals surface area contributed by atoms with E-state index in [1.165, 1.54) is 49.9 Å². The molecule has 0 spiro atoms. The first-order valence-electron chi connectivity index (χ1n) is 11.5. The molecule has 3 aromatic carbocycles. The van der Waals surface area contributed by atoms with E-state index in [-0.39, 0.29) is 0 Å². The number of allylic oxidation sites excluding steroid dienone is 2. The first-order valence-corrected chi connectivity index (χ1v) is 11.5.